The third-order valence-electron chi connectivity index (χ3n) is 2.36. The number of nitrogens with one attached hydrogen (secondary N) is 1. The van der Waals surface area contributed by atoms with Crippen molar-refractivity contribution < 1.29 is 0 Å². The van der Waals surface area contributed by atoms with Crippen LogP contribution < -0.4 is 5.32 Å². The van der Waals surface area contributed by atoms with Gasteiger partial charge in [0.15, 0.2) is 0 Å². The number of rotatable bonds is 3. The highest BCUT2D eigenvalue weighted by Crippen LogP contribution is 2.27. The van der Waals surface area contributed by atoms with Crippen LogP contribution in [0.25, 0.3) is 0 Å². The molecular weight excluding hydrogens is 321 g/mol. The van der Waals surface area contributed by atoms with Gasteiger partial charge < -0.3 is 5.32 Å². The lowest BCUT2D eigenvalue weighted by atomic mass is 10.2. The molecule has 1 nitrogen and oxygen atoms in total. The van der Waals surface area contributed by atoms with E-state index < -0.39 is 0 Å². The van der Waals surface area contributed by atoms with Gasteiger partial charge in [0.25, 0.3) is 0 Å². The van der Waals surface area contributed by atoms with Crippen molar-refractivity contribution >= 4 is 44.8 Å². The van der Waals surface area contributed by atoms with Crippen molar-refractivity contribution in [2.75, 3.05) is 5.32 Å². The van der Waals surface area contributed by atoms with Gasteiger partial charge in [-0.15, -0.1) is 0 Å². The standard InChI is InChI=1S/C13H10BrCl2N/c14-11-7-10(15)5-6-13(11)17-8-9-3-1-2-4-12(9)16/h1-7,17H,8H2. The van der Waals surface area contributed by atoms with E-state index >= 15 is 0 Å². The molecular formula is C13H10BrCl2N. The SMILES string of the molecule is Clc1ccc(NCc2ccccc2Cl)c(Br)c1. The van der Waals surface area contributed by atoms with Crippen LogP contribution in [0.5, 0.6) is 0 Å². The number of hydrogen-bond donors (Lipinski definition) is 1. The smallest absolute Gasteiger partial charge is 0.0488 e. The Labute approximate surface area is 119 Å². The Morgan fingerprint density at radius 3 is 2.53 bits per heavy atom. The molecule has 4 heteroatoms. The third kappa shape index (κ3) is 3.38. The van der Waals surface area contributed by atoms with Crippen LogP contribution in [0.4, 0.5) is 5.69 Å². The molecule has 88 valence electrons. The minimum Gasteiger partial charge on any atom is -0.380 e. The lowest BCUT2D eigenvalue weighted by molar-refractivity contribution is 1.15. The molecule has 0 fully saturated rings. The van der Waals surface area contributed by atoms with Crippen molar-refractivity contribution in [3.05, 3.63) is 62.5 Å². The first kappa shape index (κ1) is 12.7. The minimum atomic E-state index is 0.680. The van der Waals surface area contributed by atoms with E-state index in [-0.39, 0.29) is 0 Å². The lowest BCUT2D eigenvalue weighted by Gasteiger charge is -2.10. The molecule has 2 aromatic rings. The summed E-state index contributed by atoms with van der Waals surface area (Å²) in [4.78, 5) is 0. The molecule has 0 amide bonds. The Balaban J connectivity index is 2.10. The first-order valence-electron chi connectivity index (χ1n) is 5.09. The molecule has 0 atom stereocenters. The molecule has 0 aliphatic rings. The molecule has 17 heavy (non-hydrogen) atoms. The fourth-order valence-electron chi connectivity index (χ4n) is 1.47. The maximum absolute atomic E-state index is 6.08. The minimum absolute atomic E-state index is 0.680. The highest BCUT2D eigenvalue weighted by Gasteiger charge is 2.02. The summed E-state index contributed by atoms with van der Waals surface area (Å²) in [5.41, 5.74) is 2.06. The molecule has 2 rings (SSSR count). The zero-order valence-electron chi connectivity index (χ0n) is 8.88. The summed E-state index contributed by atoms with van der Waals surface area (Å²) >= 11 is 15.4. The van der Waals surface area contributed by atoms with Crippen LogP contribution in [0.2, 0.25) is 10.0 Å². The van der Waals surface area contributed by atoms with Gasteiger partial charge in [0.2, 0.25) is 0 Å². The average Bonchev–Trinajstić information content (AvgIpc) is 2.30. The second-order valence-electron chi connectivity index (χ2n) is 3.57. The summed E-state index contributed by atoms with van der Waals surface area (Å²) in [6, 6.07) is 13.4. The summed E-state index contributed by atoms with van der Waals surface area (Å²) in [5, 5.41) is 4.78. The van der Waals surface area contributed by atoms with Crippen molar-refractivity contribution in [3.63, 3.8) is 0 Å². The maximum atomic E-state index is 6.08. The summed E-state index contributed by atoms with van der Waals surface area (Å²) < 4.78 is 0.942. The second kappa shape index (κ2) is 5.76. The highest BCUT2D eigenvalue weighted by molar-refractivity contribution is 9.10. The van der Waals surface area contributed by atoms with E-state index in [4.69, 9.17) is 23.2 Å². The van der Waals surface area contributed by atoms with Crippen LogP contribution in [-0.2, 0) is 6.54 Å². The molecule has 0 unspecified atom stereocenters. The van der Waals surface area contributed by atoms with E-state index in [1.54, 1.807) is 0 Å². The predicted molar refractivity (Wildman–Crippen MR) is 77.9 cm³/mol. The molecule has 0 saturated carbocycles. The van der Waals surface area contributed by atoms with Crippen molar-refractivity contribution in [1.82, 2.24) is 0 Å². The van der Waals surface area contributed by atoms with E-state index in [1.165, 1.54) is 0 Å². The molecule has 0 aromatic heterocycles. The van der Waals surface area contributed by atoms with E-state index in [9.17, 15) is 0 Å². The summed E-state index contributed by atoms with van der Waals surface area (Å²) in [7, 11) is 0. The van der Waals surface area contributed by atoms with Gasteiger partial charge in [-0.05, 0) is 45.8 Å². The second-order valence-corrected chi connectivity index (χ2v) is 5.27. The van der Waals surface area contributed by atoms with Crippen LogP contribution in [-0.4, -0.2) is 0 Å². The molecule has 0 heterocycles. The molecule has 0 spiro atoms. The van der Waals surface area contributed by atoms with E-state index in [1.807, 2.05) is 42.5 Å². The summed E-state index contributed by atoms with van der Waals surface area (Å²) in [6.07, 6.45) is 0. The van der Waals surface area contributed by atoms with Gasteiger partial charge in [0.1, 0.15) is 0 Å². The first-order valence-corrected chi connectivity index (χ1v) is 6.64. The number of hydrogen-bond acceptors (Lipinski definition) is 1. The van der Waals surface area contributed by atoms with Crippen molar-refractivity contribution in [1.29, 1.82) is 0 Å². The van der Waals surface area contributed by atoms with Gasteiger partial charge in [-0.1, -0.05) is 41.4 Å². The topological polar surface area (TPSA) is 12.0 Å². The fraction of sp³-hybridized carbons (Fsp3) is 0.0769. The lowest BCUT2D eigenvalue weighted by Crippen LogP contribution is -2.00. The molecule has 0 aliphatic heterocycles. The van der Waals surface area contributed by atoms with E-state index in [0.29, 0.717) is 11.6 Å². The fourth-order valence-corrected chi connectivity index (χ4v) is 2.49. The van der Waals surface area contributed by atoms with E-state index in [2.05, 4.69) is 21.2 Å². The van der Waals surface area contributed by atoms with Crippen LogP contribution in [0.15, 0.2) is 46.9 Å². The van der Waals surface area contributed by atoms with Gasteiger partial charge in [0, 0.05) is 26.8 Å². The quantitative estimate of drug-likeness (QED) is 0.797. The zero-order chi connectivity index (χ0) is 12.3. The molecule has 0 radical (unpaired) electrons. The van der Waals surface area contributed by atoms with Crippen molar-refractivity contribution in [2.24, 2.45) is 0 Å². The highest BCUT2D eigenvalue weighted by atomic mass is 79.9. The maximum Gasteiger partial charge on any atom is 0.0488 e. The van der Waals surface area contributed by atoms with Gasteiger partial charge >= 0.3 is 0 Å². The normalized spacial score (nSPS) is 10.3. The molecule has 1 N–H and O–H groups in total. The molecule has 0 saturated heterocycles. The van der Waals surface area contributed by atoms with Crippen molar-refractivity contribution in [3.8, 4) is 0 Å². The molecule has 0 bridgehead atoms. The molecule has 0 aliphatic carbocycles. The van der Waals surface area contributed by atoms with Crippen LogP contribution >= 0.6 is 39.1 Å². The third-order valence-corrected chi connectivity index (χ3v) is 3.62. The van der Waals surface area contributed by atoms with Crippen LogP contribution in [0.3, 0.4) is 0 Å². The Morgan fingerprint density at radius 2 is 1.82 bits per heavy atom. The number of halogens is 3. The predicted octanol–water partition coefficient (Wildman–Crippen LogP) is 5.37. The van der Waals surface area contributed by atoms with Crippen LogP contribution in [0, 0.1) is 0 Å². The summed E-state index contributed by atoms with van der Waals surface area (Å²) in [5.74, 6) is 0. The van der Waals surface area contributed by atoms with Gasteiger partial charge in [0.05, 0.1) is 0 Å². The Hall–Kier alpha value is -0.700. The molecule has 2 aromatic carbocycles. The van der Waals surface area contributed by atoms with E-state index in [0.717, 1.165) is 20.7 Å². The van der Waals surface area contributed by atoms with Crippen LogP contribution in [0.1, 0.15) is 5.56 Å². The largest absolute Gasteiger partial charge is 0.380 e. The first-order chi connectivity index (χ1) is 8.16. The van der Waals surface area contributed by atoms with Crippen molar-refractivity contribution in [2.45, 2.75) is 6.54 Å². The Kier molecular flexibility index (Phi) is 4.32. The zero-order valence-corrected chi connectivity index (χ0v) is 12.0. The number of benzene rings is 2. The Bertz CT molecular complexity index is 529. The van der Waals surface area contributed by atoms with Gasteiger partial charge in [-0.25, -0.2) is 0 Å². The Morgan fingerprint density at radius 1 is 1.06 bits per heavy atom. The average molecular weight is 331 g/mol. The summed E-state index contributed by atoms with van der Waals surface area (Å²) in [6.45, 7) is 0.680. The van der Waals surface area contributed by atoms with Gasteiger partial charge in [-0.3, -0.25) is 0 Å². The monoisotopic (exact) mass is 329 g/mol. The number of anilines is 1. The van der Waals surface area contributed by atoms with Gasteiger partial charge in [-0.2, -0.15) is 0 Å².